The highest BCUT2D eigenvalue weighted by atomic mass is 16.2. The number of urea groups is 1. The molecule has 0 spiro atoms. The first-order valence-corrected chi connectivity index (χ1v) is 12.9. The molecule has 3 heterocycles. The molecule has 6 nitrogen and oxygen atoms in total. The van der Waals surface area contributed by atoms with E-state index in [2.05, 4.69) is 80.5 Å². The molecule has 2 amide bonds. The lowest BCUT2D eigenvalue weighted by atomic mass is 9.95. The third-order valence-corrected chi connectivity index (χ3v) is 7.39. The van der Waals surface area contributed by atoms with Gasteiger partial charge in [-0.1, -0.05) is 44.0 Å². The zero-order chi connectivity index (χ0) is 23.3. The van der Waals surface area contributed by atoms with Crippen molar-refractivity contribution in [1.82, 2.24) is 15.2 Å². The summed E-state index contributed by atoms with van der Waals surface area (Å²) in [5.74, 6) is 0. The molecule has 3 aromatic rings. The van der Waals surface area contributed by atoms with Crippen molar-refractivity contribution in [1.29, 1.82) is 0 Å². The van der Waals surface area contributed by atoms with Gasteiger partial charge in [-0.15, -0.1) is 0 Å². The fraction of sp³-hybridized carbons (Fsp3) is 0.464. The monoisotopic (exact) mass is 459 g/mol. The predicted molar refractivity (Wildman–Crippen MR) is 141 cm³/mol. The molecule has 180 valence electrons. The molecule has 2 N–H and O–H groups in total. The molecule has 1 saturated heterocycles. The number of amides is 2. The van der Waals surface area contributed by atoms with Gasteiger partial charge in [0.25, 0.3) is 0 Å². The van der Waals surface area contributed by atoms with Gasteiger partial charge in [0, 0.05) is 67.7 Å². The highest BCUT2D eigenvalue weighted by Crippen LogP contribution is 2.32. The molecule has 2 aliphatic heterocycles. The Labute approximate surface area is 202 Å². The molecule has 2 aliphatic rings. The van der Waals surface area contributed by atoms with Gasteiger partial charge >= 0.3 is 6.03 Å². The van der Waals surface area contributed by atoms with Crippen LogP contribution < -0.4 is 15.1 Å². The van der Waals surface area contributed by atoms with E-state index in [-0.39, 0.29) is 12.1 Å². The number of aromatic amines is 1. The number of nitrogens with zero attached hydrogens (tertiary/aromatic N) is 3. The lowest BCUT2D eigenvalue weighted by Gasteiger charge is -2.42. The molecule has 0 saturated carbocycles. The number of H-pyrrole nitrogens is 1. The maximum atomic E-state index is 13.3. The number of unbranched alkanes of at least 4 members (excludes halogenated alkanes) is 2. The molecular formula is C28H37N5O. The Hall–Kier alpha value is -2.99. The molecule has 0 radical (unpaired) electrons. The van der Waals surface area contributed by atoms with Gasteiger partial charge in [-0.3, -0.25) is 9.80 Å². The van der Waals surface area contributed by atoms with Gasteiger partial charge in [-0.25, -0.2) is 4.79 Å². The third kappa shape index (κ3) is 4.78. The van der Waals surface area contributed by atoms with Crippen LogP contribution in [-0.4, -0.2) is 61.2 Å². The minimum atomic E-state index is 0.0611. The minimum Gasteiger partial charge on any atom is -0.368 e. The number of aryl methyl sites for hydroxylation is 1. The van der Waals surface area contributed by atoms with Gasteiger partial charge in [0.1, 0.15) is 0 Å². The number of para-hydroxylation sites is 1. The normalized spacial score (nSPS) is 18.8. The summed E-state index contributed by atoms with van der Waals surface area (Å²) < 4.78 is 0. The molecule has 1 unspecified atom stereocenters. The Morgan fingerprint density at radius 2 is 1.82 bits per heavy atom. The van der Waals surface area contributed by atoms with Crippen LogP contribution in [0.5, 0.6) is 0 Å². The fourth-order valence-corrected chi connectivity index (χ4v) is 5.52. The van der Waals surface area contributed by atoms with Crippen molar-refractivity contribution in [2.75, 3.05) is 49.1 Å². The number of hydrogen-bond donors (Lipinski definition) is 2. The number of carbonyl (C=O) groups is 1. The summed E-state index contributed by atoms with van der Waals surface area (Å²) in [6.45, 7) is 7.93. The van der Waals surface area contributed by atoms with Crippen molar-refractivity contribution < 1.29 is 4.79 Å². The Kier molecular flexibility index (Phi) is 7.05. The summed E-state index contributed by atoms with van der Waals surface area (Å²) >= 11 is 0. The lowest BCUT2D eigenvalue weighted by Crippen LogP contribution is -2.56. The summed E-state index contributed by atoms with van der Waals surface area (Å²) in [4.78, 5) is 23.7. The molecule has 0 bridgehead atoms. The van der Waals surface area contributed by atoms with E-state index in [0.29, 0.717) is 0 Å². The average Bonchev–Trinajstić information content (AvgIpc) is 3.36. The zero-order valence-electron chi connectivity index (χ0n) is 20.3. The van der Waals surface area contributed by atoms with E-state index in [1.54, 1.807) is 0 Å². The molecule has 34 heavy (non-hydrogen) atoms. The van der Waals surface area contributed by atoms with Crippen LogP contribution in [0.15, 0.2) is 54.7 Å². The number of fused-ring (bicyclic) bond motifs is 2. The molecular weight excluding hydrogens is 422 g/mol. The van der Waals surface area contributed by atoms with Crippen molar-refractivity contribution in [2.45, 2.75) is 45.1 Å². The van der Waals surface area contributed by atoms with Crippen LogP contribution >= 0.6 is 0 Å². The molecule has 2 aromatic carbocycles. The average molecular weight is 460 g/mol. The maximum Gasteiger partial charge on any atom is 0.322 e. The highest BCUT2D eigenvalue weighted by Gasteiger charge is 2.33. The largest absolute Gasteiger partial charge is 0.368 e. The second kappa shape index (κ2) is 10.5. The van der Waals surface area contributed by atoms with E-state index < -0.39 is 0 Å². The van der Waals surface area contributed by atoms with Crippen LogP contribution in [0.1, 0.15) is 38.2 Å². The summed E-state index contributed by atoms with van der Waals surface area (Å²) in [5.41, 5.74) is 4.89. The number of aromatic nitrogens is 1. The number of piperazine rings is 1. The van der Waals surface area contributed by atoms with Crippen LogP contribution in [0.25, 0.3) is 10.9 Å². The van der Waals surface area contributed by atoms with E-state index in [1.807, 2.05) is 6.20 Å². The van der Waals surface area contributed by atoms with E-state index in [0.717, 1.165) is 77.1 Å². The van der Waals surface area contributed by atoms with Gasteiger partial charge in [0.05, 0.1) is 6.04 Å². The number of hydrogen-bond acceptors (Lipinski definition) is 3. The molecule has 1 fully saturated rings. The third-order valence-electron chi connectivity index (χ3n) is 7.39. The number of benzene rings is 2. The Morgan fingerprint density at radius 1 is 1.00 bits per heavy atom. The van der Waals surface area contributed by atoms with Gasteiger partial charge in [0.15, 0.2) is 0 Å². The number of nitrogens with one attached hydrogen (secondary N) is 2. The van der Waals surface area contributed by atoms with Crippen LogP contribution in [0.3, 0.4) is 0 Å². The first-order valence-electron chi connectivity index (χ1n) is 12.9. The van der Waals surface area contributed by atoms with Crippen molar-refractivity contribution in [2.24, 2.45) is 0 Å². The fourth-order valence-electron chi connectivity index (χ4n) is 5.52. The Morgan fingerprint density at radius 3 is 2.68 bits per heavy atom. The van der Waals surface area contributed by atoms with Crippen molar-refractivity contribution in [3.63, 3.8) is 0 Å². The number of carbonyl (C=O) groups excluding carboxylic acids is 1. The highest BCUT2D eigenvalue weighted by molar-refractivity contribution is 5.94. The van der Waals surface area contributed by atoms with Crippen LogP contribution in [0, 0.1) is 0 Å². The summed E-state index contributed by atoms with van der Waals surface area (Å²) in [6.07, 6.45) is 7.43. The summed E-state index contributed by atoms with van der Waals surface area (Å²) in [6, 6.07) is 17.4. The minimum absolute atomic E-state index is 0.0611. The second-order valence-electron chi connectivity index (χ2n) is 9.63. The summed E-state index contributed by atoms with van der Waals surface area (Å²) in [5, 5.41) is 4.49. The number of rotatable bonds is 7. The maximum absolute atomic E-state index is 13.3. The first-order chi connectivity index (χ1) is 16.7. The van der Waals surface area contributed by atoms with E-state index in [9.17, 15) is 4.79 Å². The zero-order valence-corrected chi connectivity index (χ0v) is 20.3. The molecule has 1 aromatic heterocycles. The van der Waals surface area contributed by atoms with E-state index >= 15 is 0 Å². The van der Waals surface area contributed by atoms with Gasteiger partial charge < -0.3 is 15.2 Å². The first kappa shape index (κ1) is 22.8. The lowest BCUT2D eigenvalue weighted by molar-refractivity contribution is 0.220. The standard InChI is InChI=1S/C28H37N5O/c1-2-3-6-15-30-28(34)33-23(13-12-22-8-4-5-10-26(22)33)21-31-17-19-32(20-18-31)27-11-7-9-25-24(27)14-16-29-25/h4-5,7-11,14,16,23,29H,2-3,6,12-13,15,17-21H2,1H3,(H,30,34). The van der Waals surface area contributed by atoms with Crippen molar-refractivity contribution in [3.8, 4) is 0 Å². The predicted octanol–water partition coefficient (Wildman–Crippen LogP) is 5.01. The van der Waals surface area contributed by atoms with E-state index in [4.69, 9.17) is 0 Å². The van der Waals surface area contributed by atoms with Gasteiger partial charge in [-0.05, 0) is 49.1 Å². The Balaban J connectivity index is 1.25. The summed E-state index contributed by atoms with van der Waals surface area (Å²) in [7, 11) is 0. The van der Waals surface area contributed by atoms with E-state index in [1.165, 1.54) is 22.2 Å². The smallest absolute Gasteiger partial charge is 0.322 e. The Bertz CT molecular complexity index is 1100. The van der Waals surface area contributed by atoms with Crippen LogP contribution in [0.2, 0.25) is 0 Å². The van der Waals surface area contributed by atoms with Gasteiger partial charge in [-0.2, -0.15) is 0 Å². The number of anilines is 2. The topological polar surface area (TPSA) is 54.6 Å². The molecule has 6 heteroatoms. The molecule has 0 aliphatic carbocycles. The van der Waals surface area contributed by atoms with Crippen molar-refractivity contribution >= 4 is 28.3 Å². The van der Waals surface area contributed by atoms with Crippen LogP contribution in [0.4, 0.5) is 16.2 Å². The molecule has 1 atom stereocenters. The van der Waals surface area contributed by atoms with Crippen molar-refractivity contribution in [3.05, 3.63) is 60.3 Å². The second-order valence-corrected chi connectivity index (χ2v) is 9.63. The SMILES string of the molecule is CCCCCNC(=O)N1c2ccccc2CCC1CN1CCN(c2cccc3[nH]ccc23)CC1. The van der Waals surface area contributed by atoms with Gasteiger partial charge in [0.2, 0.25) is 0 Å². The molecule has 5 rings (SSSR count). The quantitative estimate of drug-likeness (QED) is 0.488. The van der Waals surface area contributed by atoms with Crippen LogP contribution in [-0.2, 0) is 6.42 Å².